The van der Waals surface area contributed by atoms with E-state index in [0.717, 1.165) is 11.1 Å². The summed E-state index contributed by atoms with van der Waals surface area (Å²) in [6, 6.07) is 24.6. The number of benzene rings is 3. The third-order valence-corrected chi connectivity index (χ3v) is 3.92. The van der Waals surface area contributed by atoms with E-state index in [1.54, 1.807) is 24.3 Å². The topological polar surface area (TPSA) is 58.2 Å². The van der Waals surface area contributed by atoms with Crippen LogP contribution in [0.2, 0.25) is 0 Å². The molecule has 3 aromatic rings. The van der Waals surface area contributed by atoms with Crippen molar-refractivity contribution in [1.82, 2.24) is 0 Å². The maximum absolute atomic E-state index is 12.5. The van der Waals surface area contributed by atoms with E-state index in [4.69, 9.17) is 0 Å². The number of hydrogen-bond acceptors (Lipinski definition) is 2. The fourth-order valence-electron chi connectivity index (χ4n) is 2.61. The highest BCUT2D eigenvalue weighted by atomic mass is 16.2. The van der Waals surface area contributed by atoms with Crippen LogP contribution in [-0.4, -0.2) is 11.8 Å². The van der Waals surface area contributed by atoms with Gasteiger partial charge in [0.15, 0.2) is 0 Å². The molecule has 134 valence electrons. The van der Waals surface area contributed by atoms with Gasteiger partial charge in [-0.3, -0.25) is 9.59 Å². The Morgan fingerprint density at radius 3 is 1.96 bits per heavy atom. The normalized spacial score (nSPS) is 10.6. The molecule has 0 radical (unpaired) electrons. The van der Waals surface area contributed by atoms with Crippen LogP contribution in [0.3, 0.4) is 0 Å². The number of carbonyl (C=O) groups excluding carboxylic acids is 2. The number of para-hydroxylation sites is 1. The molecule has 0 heterocycles. The van der Waals surface area contributed by atoms with Crippen molar-refractivity contribution in [2.24, 2.45) is 0 Å². The van der Waals surface area contributed by atoms with Gasteiger partial charge in [0.05, 0.1) is 11.3 Å². The Bertz CT molecular complexity index is 961. The molecule has 4 heteroatoms. The Balaban J connectivity index is 1.69. The summed E-state index contributed by atoms with van der Waals surface area (Å²) in [4.78, 5) is 23.8. The number of nitrogens with one attached hydrogen (secondary N) is 2. The largest absolute Gasteiger partial charge is 0.326 e. The molecular weight excluding hydrogens is 336 g/mol. The van der Waals surface area contributed by atoms with E-state index < -0.39 is 0 Å². The molecule has 0 aliphatic carbocycles. The molecule has 0 saturated carbocycles. The number of anilines is 2. The molecule has 0 unspecified atom stereocenters. The third-order valence-electron chi connectivity index (χ3n) is 3.92. The summed E-state index contributed by atoms with van der Waals surface area (Å²) in [5, 5.41) is 5.53. The SMILES string of the molecule is CC(=O)Nc1ccccc1C(=O)Nc1ccc(/C=C/c2ccccc2)cc1. The van der Waals surface area contributed by atoms with E-state index in [1.165, 1.54) is 6.92 Å². The smallest absolute Gasteiger partial charge is 0.257 e. The van der Waals surface area contributed by atoms with Gasteiger partial charge in [-0.05, 0) is 35.4 Å². The van der Waals surface area contributed by atoms with Crippen LogP contribution in [0.25, 0.3) is 12.2 Å². The van der Waals surface area contributed by atoms with E-state index in [9.17, 15) is 9.59 Å². The van der Waals surface area contributed by atoms with Gasteiger partial charge in [-0.15, -0.1) is 0 Å². The maximum atomic E-state index is 12.5. The van der Waals surface area contributed by atoms with E-state index in [0.29, 0.717) is 16.9 Å². The highest BCUT2D eigenvalue weighted by Gasteiger charge is 2.11. The predicted octanol–water partition coefficient (Wildman–Crippen LogP) is 5.07. The predicted molar refractivity (Wildman–Crippen MR) is 111 cm³/mol. The Morgan fingerprint density at radius 1 is 0.704 bits per heavy atom. The van der Waals surface area contributed by atoms with E-state index >= 15 is 0 Å². The van der Waals surface area contributed by atoms with Crippen LogP contribution in [-0.2, 0) is 4.79 Å². The molecule has 0 saturated heterocycles. The van der Waals surface area contributed by atoms with Crippen LogP contribution in [0.1, 0.15) is 28.4 Å². The summed E-state index contributed by atoms with van der Waals surface area (Å²) in [6.07, 6.45) is 4.06. The van der Waals surface area contributed by atoms with Gasteiger partial charge >= 0.3 is 0 Å². The average molecular weight is 356 g/mol. The third kappa shape index (κ3) is 5.16. The van der Waals surface area contributed by atoms with Crippen molar-refractivity contribution in [3.05, 3.63) is 95.6 Å². The number of amides is 2. The van der Waals surface area contributed by atoms with Crippen molar-refractivity contribution in [2.75, 3.05) is 10.6 Å². The number of rotatable bonds is 5. The molecule has 27 heavy (non-hydrogen) atoms. The summed E-state index contributed by atoms with van der Waals surface area (Å²) in [7, 11) is 0. The highest BCUT2D eigenvalue weighted by molar-refractivity contribution is 6.09. The average Bonchev–Trinajstić information content (AvgIpc) is 2.68. The minimum absolute atomic E-state index is 0.218. The van der Waals surface area contributed by atoms with E-state index in [-0.39, 0.29) is 11.8 Å². The van der Waals surface area contributed by atoms with E-state index in [1.807, 2.05) is 66.7 Å². The zero-order chi connectivity index (χ0) is 19.1. The standard InChI is InChI=1S/C23H20N2O2/c1-17(26)24-22-10-6-5-9-21(22)23(27)25-20-15-13-19(14-16-20)12-11-18-7-3-2-4-8-18/h2-16H,1H3,(H,24,26)(H,25,27)/b12-11+. The minimum Gasteiger partial charge on any atom is -0.326 e. The molecule has 3 rings (SSSR count). The molecule has 2 amide bonds. The molecule has 0 fully saturated rings. The second-order valence-electron chi connectivity index (χ2n) is 6.05. The lowest BCUT2D eigenvalue weighted by Gasteiger charge is -2.10. The molecule has 0 aliphatic heterocycles. The van der Waals surface area contributed by atoms with Crippen molar-refractivity contribution in [3.63, 3.8) is 0 Å². The van der Waals surface area contributed by atoms with Gasteiger partial charge in [-0.1, -0.05) is 66.7 Å². The first-order chi connectivity index (χ1) is 13.1. The van der Waals surface area contributed by atoms with Gasteiger partial charge in [0, 0.05) is 12.6 Å². The summed E-state index contributed by atoms with van der Waals surface area (Å²) in [6.45, 7) is 1.41. The Hall–Kier alpha value is -3.66. The molecule has 0 spiro atoms. The first-order valence-corrected chi connectivity index (χ1v) is 8.63. The quantitative estimate of drug-likeness (QED) is 0.627. The van der Waals surface area contributed by atoms with Gasteiger partial charge in [0.25, 0.3) is 5.91 Å². The first kappa shape index (κ1) is 18.1. The van der Waals surface area contributed by atoms with Crippen molar-refractivity contribution >= 4 is 35.3 Å². The van der Waals surface area contributed by atoms with Crippen LogP contribution in [0.5, 0.6) is 0 Å². The fourth-order valence-corrected chi connectivity index (χ4v) is 2.61. The molecule has 0 aliphatic rings. The van der Waals surface area contributed by atoms with Gasteiger partial charge in [-0.2, -0.15) is 0 Å². The van der Waals surface area contributed by atoms with Crippen LogP contribution in [0.4, 0.5) is 11.4 Å². The second-order valence-corrected chi connectivity index (χ2v) is 6.05. The van der Waals surface area contributed by atoms with Gasteiger partial charge < -0.3 is 10.6 Å². The molecule has 2 N–H and O–H groups in total. The van der Waals surface area contributed by atoms with Crippen molar-refractivity contribution in [3.8, 4) is 0 Å². The summed E-state index contributed by atoms with van der Waals surface area (Å²) in [5.41, 5.74) is 3.76. The van der Waals surface area contributed by atoms with Crippen LogP contribution < -0.4 is 10.6 Å². The molecular formula is C23H20N2O2. The van der Waals surface area contributed by atoms with Crippen LogP contribution in [0, 0.1) is 0 Å². The lowest BCUT2D eigenvalue weighted by atomic mass is 10.1. The van der Waals surface area contributed by atoms with Gasteiger partial charge in [0.1, 0.15) is 0 Å². The lowest BCUT2D eigenvalue weighted by Crippen LogP contribution is -2.16. The molecule has 0 aromatic heterocycles. The molecule has 4 nitrogen and oxygen atoms in total. The first-order valence-electron chi connectivity index (χ1n) is 8.63. The fraction of sp³-hybridized carbons (Fsp3) is 0.0435. The highest BCUT2D eigenvalue weighted by Crippen LogP contribution is 2.18. The van der Waals surface area contributed by atoms with Gasteiger partial charge in [-0.25, -0.2) is 0 Å². The van der Waals surface area contributed by atoms with Crippen molar-refractivity contribution in [1.29, 1.82) is 0 Å². The number of hydrogen-bond donors (Lipinski definition) is 2. The maximum Gasteiger partial charge on any atom is 0.257 e. The minimum atomic E-state index is -0.271. The Labute approximate surface area is 158 Å². The monoisotopic (exact) mass is 356 g/mol. The summed E-state index contributed by atoms with van der Waals surface area (Å²) >= 11 is 0. The lowest BCUT2D eigenvalue weighted by molar-refractivity contribution is -0.114. The van der Waals surface area contributed by atoms with Crippen LogP contribution >= 0.6 is 0 Å². The van der Waals surface area contributed by atoms with Gasteiger partial charge in [0.2, 0.25) is 5.91 Å². The molecule has 0 bridgehead atoms. The molecule has 3 aromatic carbocycles. The zero-order valence-corrected chi connectivity index (χ0v) is 15.0. The number of carbonyl (C=O) groups is 2. The molecule has 0 atom stereocenters. The van der Waals surface area contributed by atoms with E-state index in [2.05, 4.69) is 10.6 Å². The van der Waals surface area contributed by atoms with Crippen LogP contribution in [0.15, 0.2) is 78.9 Å². The summed E-state index contributed by atoms with van der Waals surface area (Å²) in [5.74, 6) is -0.489. The second kappa shape index (κ2) is 8.63. The van der Waals surface area contributed by atoms with Crippen molar-refractivity contribution in [2.45, 2.75) is 6.92 Å². The summed E-state index contributed by atoms with van der Waals surface area (Å²) < 4.78 is 0. The Morgan fingerprint density at radius 2 is 1.30 bits per heavy atom. The van der Waals surface area contributed by atoms with Crippen molar-refractivity contribution < 1.29 is 9.59 Å². The Kier molecular flexibility index (Phi) is 5.80. The zero-order valence-electron chi connectivity index (χ0n) is 15.0.